The van der Waals surface area contributed by atoms with Crippen molar-refractivity contribution in [3.63, 3.8) is 0 Å². The van der Waals surface area contributed by atoms with Gasteiger partial charge >= 0.3 is 0 Å². The van der Waals surface area contributed by atoms with E-state index in [1.165, 1.54) is 11.6 Å². The number of allylic oxidation sites excluding steroid dienone is 4. The van der Waals surface area contributed by atoms with Crippen molar-refractivity contribution in [1.29, 1.82) is 0 Å². The normalized spacial score (nSPS) is 14.1. The van der Waals surface area contributed by atoms with Crippen LogP contribution in [-0.4, -0.2) is 15.8 Å². The summed E-state index contributed by atoms with van der Waals surface area (Å²) < 4.78 is 12.4. The van der Waals surface area contributed by atoms with Gasteiger partial charge in [0.05, 0.1) is 5.39 Å². The molecule has 0 saturated carbocycles. The molecule has 2 N–H and O–H groups in total. The summed E-state index contributed by atoms with van der Waals surface area (Å²) in [6, 6.07) is 3.24. The third kappa shape index (κ3) is 4.15. The summed E-state index contributed by atoms with van der Waals surface area (Å²) in [5, 5.41) is 21.9. The number of fused-ring (bicyclic) bond motifs is 4. The first-order chi connectivity index (χ1) is 15.5. The molecule has 2 heterocycles. The summed E-state index contributed by atoms with van der Waals surface area (Å²) in [5.74, 6) is 0.302. The fourth-order valence-corrected chi connectivity index (χ4v) is 4.08. The van der Waals surface area contributed by atoms with Crippen LogP contribution in [0.3, 0.4) is 0 Å². The molecule has 0 amide bonds. The number of phenols is 2. The minimum absolute atomic E-state index is 0.0648. The van der Waals surface area contributed by atoms with Gasteiger partial charge in [-0.2, -0.15) is 0 Å². The molecule has 0 radical (unpaired) electrons. The van der Waals surface area contributed by atoms with Crippen molar-refractivity contribution >= 4 is 28.0 Å². The van der Waals surface area contributed by atoms with Crippen molar-refractivity contribution in [3.8, 4) is 17.2 Å². The Balaban J connectivity index is 2.08. The number of ether oxygens (including phenoxy) is 1. The molecule has 0 fully saturated rings. The molecule has 1 aromatic heterocycles. The van der Waals surface area contributed by atoms with E-state index in [1.807, 2.05) is 65.8 Å². The average Bonchev–Trinajstić information content (AvgIpc) is 2.70. The Bertz CT molecular complexity index is 1420. The number of aromatic hydroxyl groups is 2. The van der Waals surface area contributed by atoms with E-state index in [0.717, 1.165) is 11.1 Å². The van der Waals surface area contributed by atoms with E-state index >= 15 is 0 Å². The van der Waals surface area contributed by atoms with Gasteiger partial charge < -0.3 is 19.4 Å². The zero-order chi connectivity index (χ0) is 24.1. The fourth-order valence-electron chi connectivity index (χ4n) is 4.08. The van der Waals surface area contributed by atoms with Crippen molar-refractivity contribution in [2.75, 3.05) is 0 Å². The quantitative estimate of drug-likeness (QED) is 0.350. The van der Waals surface area contributed by atoms with Gasteiger partial charge in [-0.3, -0.25) is 4.79 Å². The van der Waals surface area contributed by atoms with Gasteiger partial charge in [-0.25, -0.2) is 0 Å². The molecule has 2 aromatic carbocycles. The molecule has 1 aliphatic rings. The lowest BCUT2D eigenvalue weighted by atomic mass is 9.94. The standard InChI is InChI=1S/C28H30O5/c1-15(2)7-9-17-13-21-23(19-11-12-28(5,6)33-27(17)19)26(31)24-22(32-21)14-20(29)18(25(24)30)10-8-16(3)4/h7-8,11-14,29-30H,9-10H2,1-6H3. The van der Waals surface area contributed by atoms with Crippen molar-refractivity contribution in [2.24, 2.45) is 0 Å². The summed E-state index contributed by atoms with van der Waals surface area (Å²) >= 11 is 0. The second kappa shape index (κ2) is 8.14. The van der Waals surface area contributed by atoms with Crippen LogP contribution in [0.5, 0.6) is 17.2 Å². The first kappa shape index (κ1) is 22.7. The third-order valence-corrected chi connectivity index (χ3v) is 5.84. The topological polar surface area (TPSA) is 79.9 Å². The van der Waals surface area contributed by atoms with Crippen molar-refractivity contribution in [3.05, 3.63) is 68.4 Å². The minimum Gasteiger partial charge on any atom is -0.507 e. The molecule has 5 heteroatoms. The highest BCUT2D eigenvalue weighted by atomic mass is 16.5. The van der Waals surface area contributed by atoms with Crippen LogP contribution in [0.2, 0.25) is 0 Å². The Morgan fingerprint density at radius 2 is 1.61 bits per heavy atom. The third-order valence-electron chi connectivity index (χ3n) is 5.84. The van der Waals surface area contributed by atoms with Gasteiger partial charge in [-0.05, 0) is 66.5 Å². The molecule has 33 heavy (non-hydrogen) atoms. The van der Waals surface area contributed by atoms with Crippen LogP contribution in [0.1, 0.15) is 58.2 Å². The van der Waals surface area contributed by atoms with Gasteiger partial charge in [0.15, 0.2) is 0 Å². The first-order valence-electron chi connectivity index (χ1n) is 11.1. The molecule has 0 saturated heterocycles. The van der Waals surface area contributed by atoms with Gasteiger partial charge in [-0.15, -0.1) is 0 Å². The summed E-state index contributed by atoms with van der Waals surface area (Å²) in [4.78, 5) is 13.7. The monoisotopic (exact) mass is 446 g/mol. The Labute approximate surface area is 193 Å². The van der Waals surface area contributed by atoms with Gasteiger partial charge in [0.1, 0.15) is 39.4 Å². The molecule has 0 atom stereocenters. The van der Waals surface area contributed by atoms with Crippen LogP contribution < -0.4 is 10.2 Å². The lowest BCUT2D eigenvalue weighted by Gasteiger charge is -2.30. The molecule has 172 valence electrons. The van der Waals surface area contributed by atoms with Crippen LogP contribution in [0.25, 0.3) is 28.0 Å². The Morgan fingerprint density at radius 3 is 2.27 bits per heavy atom. The number of hydrogen-bond acceptors (Lipinski definition) is 5. The van der Waals surface area contributed by atoms with Crippen LogP contribution in [0.15, 0.2) is 50.7 Å². The van der Waals surface area contributed by atoms with Crippen LogP contribution in [0.4, 0.5) is 0 Å². The smallest absolute Gasteiger partial charge is 0.205 e. The van der Waals surface area contributed by atoms with Gasteiger partial charge in [0, 0.05) is 22.8 Å². The lowest BCUT2D eigenvalue weighted by Crippen LogP contribution is -2.28. The van der Waals surface area contributed by atoms with Gasteiger partial charge in [-0.1, -0.05) is 29.4 Å². The molecule has 5 nitrogen and oxygen atoms in total. The molecule has 0 unspecified atom stereocenters. The predicted octanol–water partition coefficient (Wildman–Crippen LogP) is 6.56. The maximum absolute atomic E-state index is 13.7. The molecular formula is C28H30O5. The number of rotatable bonds is 4. The van der Waals surface area contributed by atoms with E-state index < -0.39 is 5.60 Å². The van der Waals surface area contributed by atoms with E-state index in [-0.39, 0.29) is 27.9 Å². The van der Waals surface area contributed by atoms with Crippen LogP contribution >= 0.6 is 0 Å². The predicted molar refractivity (Wildman–Crippen MR) is 133 cm³/mol. The largest absolute Gasteiger partial charge is 0.507 e. The fraction of sp³-hybridized carbons (Fsp3) is 0.321. The molecular weight excluding hydrogens is 416 g/mol. The second-order valence-corrected chi connectivity index (χ2v) is 9.69. The summed E-state index contributed by atoms with van der Waals surface area (Å²) in [5.41, 5.74) is 3.77. The van der Waals surface area contributed by atoms with Crippen molar-refractivity contribution in [1.82, 2.24) is 0 Å². The van der Waals surface area contributed by atoms with Crippen LogP contribution in [-0.2, 0) is 12.8 Å². The van der Waals surface area contributed by atoms with E-state index in [2.05, 4.69) is 6.08 Å². The summed E-state index contributed by atoms with van der Waals surface area (Å²) in [7, 11) is 0. The lowest BCUT2D eigenvalue weighted by molar-refractivity contribution is 0.158. The van der Waals surface area contributed by atoms with E-state index in [1.54, 1.807) is 0 Å². The van der Waals surface area contributed by atoms with Gasteiger partial charge in [0.25, 0.3) is 0 Å². The Kier molecular flexibility index (Phi) is 5.61. The van der Waals surface area contributed by atoms with E-state index in [0.29, 0.717) is 40.7 Å². The highest BCUT2D eigenvalue weighted by molar-refractivity contribution is 6.00. The summed E-state index contributed by atoms with van der Waals surface area (Å²) in [6.45, 7) is 11.9. The van der Waals surface area contributed by atoms with Crippen LogP contribution in [0, 0.1) is 0 Å². The molecule has 3 aromatic rings. The maximum Gasteiger partial charge on any atom is 0.205 e. The van der Waals surface area contributed by atoms with Crippen molar-refractivity contribution in [2.45, 2.75) is 60.0 Å². The number of hydrogen-bond donors (Lipinski definition) is 2. The number of benzene rings is 2. The van der Waals surface area contributed by atoms with Crippen molar-refractivity contribution < 1.29 is 19.4 Å². The highest BCUT2D eigenvalue weighted by Crippen LogP contribution is 2.41. The zero-order valence-corrected chi connectivity index (χ0v) is 20.0. The Hall–Kier alpha value is -3.47. The van der Waals surface area contributed by atoms with E-state index in [4.69, 9.17) is 9.15 Å². The highest BCUT2D eigenvalue weighted by Gasteiger charge is 2.28. The zero-order valence-electron chi connectivity index (χ0n) is 20.0. The molecule has 0 aliphatic carbocycles. The maximum atomic E-state index is 13.7. The average molecular weight is 447 g/mol. The molecule has 0 spiro atoms. The number of phenolic OH excluding ortho intramolecular Hbond substituents is 2. The second-order valence-electron chi connectivity index (χ2n) is 9.69. The Morgan fingerprint density at radius 1 is 0.970 bits per heavy atom. The minimum atomic E-state index is -0.511. The summed E-state index contributed by atoms with van der Waals surface area (Å²) in [6.07, 6.45) is 8.74. The molecule has 0 bridgehead atoms. The molecule has 4 rings (SSSR count). The first-order valence-corrected chi connectivity index (χ1v) is 11.1. The van der Waals surface area contributed by atoms with Gasteiger partial charge in [0.2, 0.25) is 5.43 Å². The molecule has 1 aliphatic heterocycles. The van der Waals surface area contributed by atoms with E-state index in [9.17, 15) is 15.0 Å². The SMILES string of the molecule is CC(C)=CCc1cc2oc3cc(O)c(CC=C(C)C)c(O)c3c(=O)c2c2c1OC(C)(C)C=C2.